The first-order chi connectivity index (χ1) is 9.54. The van der Waals surface area contributed by atoms with Crippen LogP contribution in [0.4, 0.5) is 0 Å². The minimum absolute atomic E-state index is 0.231. The van der Waals surface area contributed by atoms with Gasteiger partial charge in [0.1, 0.15) is 5.54 Å². The third-order valence-electron chi connectivity index (χ3n) is 4.87. The number of hydrogen-bond acceptors (Lipinski definition) is 3. The molecule has 2 aliphatic rings. The molecule has 116 valence electrons. The minimum Gasteiger partial charge on any atom is -0.480 e. The SMILES string of the molecule is CC(C)NC1(C(=O)O)CCCC1CCSC1CCCC1. The molecule has 0 aromatic rings. The van der Waals surface area contributed by atoms with Crippen molar-refractivity contribution in [2.45, 2.75) is 82.0 Å². The van der Waals surface area contributed by atoms with Crippen LogP contribution in [-0.4, -0.2) is 33.7 Å². The van der Waals surface area contributed by atoms with Crippen LogP contribution >= 0.6 is 11.8 Å². The van der Waals surface area contributed by atoms with Crippen molar-refractivity contribution in [3.05, 3.63) is 0 Å². The number of thioether (sulfide) groups is 1. The van der Waals surface area contributed by atoms with Gasteiger partial charge in [0.2, 0.25) is 0 Å². The van der Waals surface area contributed by atoms with Gasteiger partial charge in [0.15, 0.2) is 0 Å². The predicted octanol–water partition coefficient (Wildman–Crippen LogP) is 3.67. The van der Waals surface area contributed by atoms with Crippen molar-refractivity contribution >= 4 is 17.7 Å². The van der Waals surface area contributed by atoms with E-state index in [1.807, 2.05) is 13.8 Å². The summed E-state index contributed by atoms with van der Waals surface area (Å²) in [5, 5.41) is 13.9. The molecule has 0 heterocycles. The molecule has 3 nitrogen and oxygen atoms in total. The van der Waals surface area contributed by atoms with Crippen molar-refractivity contribution in [3.8, 4) is 0 Å². The molecule has 2 atom stereocenters. The highest BCUT2D eigenvalue weighted by molar-refractivity contribution is 7.99. The molecule has 2 saturated carbocycles. The van der Waals surface area contributed by atoms with Crippen LogP contribution < -0.4 is 5.32 Å². The molecule has 20 heavy (non-hydrogen) atoms. The lowest BCUT2D eigenvalue weighted by atomic mass is 9.84. The summed E-state index contributed by atoms with van der Waals surface area (Å²) in [6, 6.07) is 0.231. The Hall–Kier alpha value is -0.220. The maximum atomic E-state index is 11.8. The van der Waals surface area contributed by atoms with E-state index in [2.05, 4.69) is 17.1 Å². The lowest BCUT2D eigenvalue weighted by Gasteiger charge is -2.34. The average Bonchev–Trinajstić information content (AvgIpc) is 2.99. The molecule has 0 spiro atoms. The predicted molar refractivity (Wildman–Crippen MR) is 85.3 cm³/mol. The standard InChI is InChI=1S/C16H29NO2S/c1-12(2)17-16(15(18)19)10-5-6-13(16)9-11-20-14-7-3-4-8-14/h12-14,17H,3-11H2,1-2H3,(H,18,19). The number of hydrogen-bond donors (Lipinski definition) is 2. The Bertz CT molecular complexity index is 328. The summed E-state index contributed by atoms with van der Waals surface area (Å²) in [5.41, 5.74) is -0.662. The van der Waals surface area contributed by atoms with E-state index in [1.54, 1.807) is 0 Å². The summed E-state index contributed by atoms with van der Waals surface area (Å²) in [6.07, 6.45) is 9.45. The van der Waals surface area contributed by atoms with E-state index in [1.165, 1.54) is 25.7 Å². The number of carboxylic acid groups (broad SMARTS) is 1. The van der Waals surface area contributed by atoms with Gasteiger partial charge < -0.3 is 5.11 Å². The van der Waals surface area contributed by atoms with Crippen LogP contribution in [0.2, 0.25) is 0 Å². The number of rotatable bonds is 7. The number of nitrogens with one attached hydrogen (secondary N) is 1. The van der Waals surface area contributed by atoms with E-state index in [0.717, 1.165) is 36.7 Å². The number of carboxylic acids is 1. The Labute approximate surface area is 127 Å². The molecule has 0 aliphatic heterocycles. The van der Waals surface area contributed by atoms with E-state index < -0.39 is 11.5 Å². The lowest BCUT2D eigenvalue weighted by Crippen LogP contribution is -2.57. The largest absolute Gasteiger partial charge is 0.480 e. The quantitative estimate of drug-likeness (QED) is 0.753. The van der Waals surface area contributed by atoms with Crippen molar-refractivity contribution < 1.29 is 9.90 Å². The molecule has 2 N–H and O–H groups in total. The molecule has 0 radical (unpaired) electrons. The van der Waals surface area contributed by atoms with Crippen molar-refractivity contribution in [2.75, 3.05) is 5.75 Å². The summed E-state index contributed by atoms with van der Waals surface area (Å²) < 4.78 is 0. The molecular formula is C16H29NO2S. The van der Waals surface area contributed by atoms with Crippen LogP contribution in [0.3, 0.4) is 0 Å². The summed E-state index contributed by atoms with van der Waals surface area (Å²) in [4.78, 5) is 11.8. The van der Waals surface area contributed by atoms with Crippen LogP contribution in [0.5, 0.6) is 0 Å². The van der Waals surface area contributed by atoms with Crippen LogP contribution in [0.15, 0.2) is 0 Å². The molecule has 2 fully saturated rings. The second-order valence-corrected chi connectivity index (χ2v) is 8.14. The zero-order valence-electron chi connectivity index (χ0n) is 12.9. The van der Waals surface area contributed by atoms with E-state index in [9.17, 15) is 9.90 Å². The van der Waals surface area contributed by atoms with Gasteiger partial charge in [0.05, 0.1) is 0 Å². The van der Waals surface area contributed by atoms with Crippen LogP contribution in [0.25, 0.3) is 0 Å². The van der Waals surface area contributed by atoms with Gasteiger partial charge in [0.25, 0.3) is 0 Å². The zero-order chi connectivity index (χ0) is 14.6. The fraction of sp³-hybridized carbons (Fsp3) is 0.938. The summed E-state index contributed by atoms with van der Waals surface area (Å²) >= 11 is 2.08. The summed E-state index contributed by atoms with van der Waals surface area (Å²) in [7, 11) is 0. The first-order valence-corrected chi connectivity index (χ1v) is 9.22. The van der Waals surface area contributed by atoms with Crippen molar-refractivity contribution in [2.24, 2.45) is 5.92 Å². The first kappa shape index (κ1) is 16.2. The summed E-state index contributed by atoms with van der Waals surface area (Å²) in [5.74, 6) is 0.792. The molecule has 0 aromatic heterocycles. The van der Waals surface area contributed by atoms with Gasteiger partial charge in [-0.25, -0.2) is 0 Å². The molecule has 0 saturated heterocycles. The van der Waals surface area contributed by atoms with Crippen molar-refractivity contribution in [1.82, 2.24) is 5.32 Å². The van der Waals surface area contributed by atoms with Gasteiger partial charge in [0, 0.05) is 11.3 Å². The first-order valence-electron chi connectivity index (χ1n) is 8.17. The molecular weight excluding hydrogens is 270 g/mol. The molecule has 0 amide bonds. The van der Waals surface area contributed by atoms with Crippen molar-refractivity contribution in [3.63, 3.8) is 0 Å². The smallest absolute Gasteiger partial charge is 0.324 e. The fourth-order valence-corrected chi connectivity index (χ4v) is 5.37. The molecule has 4 heteroatoms. The molecule has 0 bridgehead atoms. The average molecular weight is 299 g/mol. The Morgan fingerprint density at radius 3 is 2.60 bits per heavy atom. The Morgan fingerprint density at radius 1 is 1.30 bits per heavy atom. The third kappa shape index (κ3) is 3.70. The topological polar surface area (TPSA) is 49.3 Å². The van der Waals surface area contributed by atoms with E-state index in [-0.39, 0.29) is 6.04 Å². The number of aliphatic carboxylic acids is 1. The second kappa shape index (κ2) is 7.17. The van der Waals surface area contributed by atoms with Gasteiger partial charge in [-0.15, -0.1) is 0 Å². The van der Waals surface area contributed by atoms with Gasteiger partial charge >= 0.3 is 5.97 Å². The molecule has 2 rings (SSSR count). The molecule has 0 aromatic carbocycles. The minimum atomic E-state index is -0.662. The third-order valence-corrected chi connectivity index (χ3v) is 6.28. The second-order valence-electron chi connectivity index (χ2n) is 6.73. The maximum absolute atomic E-state index is 11.8. The highest BCUT2D eigenvalue weighted by Gasteiger charge is 2.48. The highest BCUT2D eigenvalue weighted by Crippen LogP contribution is 2.40. The van der Waals surface area contributed by atoms with E-state index in [0.29, 0.717) is 5.92 Å². The summed E-state index contributed by atoms with van der Waals surface area (Å²) in [6.45, 7) is 4.10. The normalized spacial score (nSPS) is 31.2. The van der Waals surface area contributed by atoms with Crippen LogP contribution in [0.1, 0.15) is 65.2 Å². The Balaban J connectivity index is 1.88. The van der Waals surface area contributed by atoms with Crippen LogP contribution in [-0.2, 0) is 4.79 Å². The van der Waals surface area contributed by atoms with Crippen LogP contribution in [0, 0.1) is 5.92 Å². The monoisotopic (exact) mass is 299 g/mol. The molecule has 2 aliphatic carbocycles. The number of carbonyl (C=O) groups is 1. The Morgan fingerprint density at radius 2 is 2.00 bits per heavy atom. The fourth-order valence-electron chi connectivity index (χ4n) is 3.95. The zero-order valence-corrected chi connectivity index (χ0v) is 13.7. The van der Waals surface area contributed by atoms with Crippen molar-refractivity contribution in [1.29, 1.82) is 0 Å². The lowest BCUT2D eigenvalue weighted by molar-refractivity contribution is -0.147. The highest BCUT2D eigenvalue weighted by atomic mass is 32.2. The van der Waals surface area contributed by atoms with Gasteiger partial charge in [-0.1, -0.05) is 19.3 Å². The van der Waals surface area contributed by atoms with Gasteiger partial charge in [-0.05, 0) is 57.6 Å². The maximum Gasteiger partial charge on any atom is 0.324 e. The Kier molecular flexibility index (Phi) is 5.79. The van der Waals surface area contributed by atoms with E-state index >= 15 is 0 Å². The van der Waals surface area contributed by atoms with E-state index in [4.69, 9.17) is 0 Å². The van der Waals surface area contributed by atoms with Gasteiger partial charge in [-0.3, -0.25) is 10.1 Å². The molecule has 2 unspecified atom stereocenters. The van der Waals surface area contributed by atoms with Gasteiger partial charge in [-0.2, -0.15) is 11.8 Å².